The summed E-state index contributed by atoms with van der Waals surface area (Å²) in [6.45, 7) is 2.40. The Morgan fingerprint density at radius 1 is 1.50 bits per heavy atom. The summed E-state index contributed by atoms with van der Waals surface area (Å²) in [5.41, 5.74) is 0. The van der Waals surface area contributed by atoms with Crippen molar-refractivity contribution in [1.29, 1.82) is 0 Å². The number of rotatable bonds is 2. The van der Waals surface area contributed by atoms with Gasteiger partial charge in [-0.05, 0) is 6.42 Å². The Balaban J connectivity index is 0. The van der Waals surface area contributed by atoms with Crippen LogP contribution in [0.2, 0.25) is 0 Å². The summed E-state index contributed by atoms with van der Waals surface area (Å²) in [5, 5.41) is 8.07. The predicted octanol–water partition coefficient (Wildman–Crippen LogP) is 2.55. The second kappa shape index (κ2) is 16.1. The van der Waals surface area contributed by atoms with E-state index in [9.17, 15) is 0 Å². The van der Waals surface area contributed by atoms with Gasteiger partial charge in [0.15, 0.2) is 0 Å². The van der Waals surface area contributed by atoms with Gasteiger partial charge in [-0.2, -0.15) is 0 Å². The Labute approximate surface area is 80.3 Å². The van der Waals surface area contributed by atoms with Crippen molar-refractivity contribution in [2.24, 2.45) is 0 Å². The first-order valence-corrected chi connectivity index (χ1v) is 12.5. The third-order valence-electron chi connectivity index (χ3n) is 0.512. The summed E-state index contributed by atoms with van der Waals surface area (Å²) in [6.07, 6.45) is 2.04. The zero-order valence-corrected chi connectivity index (χ0v) is 10.7. The first-order valence-electron chi connectivity index (χ1n) is 2.40. The summed E-state index contributed by atoms with van der Waals surface area (Å²) in [4.78, 5) is 0. The molecule has 0 aromatic carbocycles. The van der Waals surface area contributed by atoms with Gasteiger partial charge in [0.1, 0.15) is 0 Å². The predicted molar refractivity (Wildman–Crippen MR) is 50.0 cm³/mol. The fraction of sp³-hybridized carbons (Fsp3) is 1.00. The van der Waals surface area contributed by atoms with Crippen LogP contribution in [-0.2, 0) is 11.7 Å². The second-order valence-corrected chi connectivity index (χ2v) is 14.3. The van der Waals surface area contributed by atoms with Crippen molar-refractivity contribution >= 4 is 38.4 Å². The number of aliphatic hydroxyl groups is 1. The molecule has 8 heavy (non-hydrogen) atoms. The van der Waals surface area contributed by atoms with E-state index in [4.69, 9.17) is 5.11 Å². The molecule has 0 saturated carbocycles. The van der Waals surface area contributed by atoms with Crippen molar-refractivity contribution < 1.29 is 16.8 Å². The fourth-order valence-electron chi connectivity index (χ4n) is 0.158. The Kier molecular flexibility index (Phi) is 25.7. The van der Waals surface area contributed by atoms with Gasteiger partial charge in [0.05, 0.1) is 0 Å². The average molecular weight is 376 g/mol. The number of unbranched alkanes of at least 4 members (excludes halogenated alkanes) is 1. The summed E-state index contributed by atoms with van der Waals surface area (Å²) in [5.74, 6) is 0. The molecule has 0 saturated heterocycles. The summed E-state index contributed by atoms with van der Waals surface area (Å²) in [6, 6.07) is 0. The minimum atomic E-state index is 0.344. The van der Waals surface area contributed by atoms with Crippen LogP contribution in [0.25, 0.3) is 0 Å². The molecule has 0 atom stereocenters. The van der Waals surface area contributed by atoms with Gasteiger partial charge in [0.2, 0.25) is 0 Å². The first-order chi connectivity index (χ1) is 3.83. The van der Waals surface area contributed by atoms with Crippen LogP contribution in [-0.4, -0.2) is 11.7 Å². The molecule has 0 aliphatic heterocycles. The Bertz CT molecular complexity index is 28.0. The number of hydrogen-bond acceptors (Lipinski definition) is 1. The molecule has 0 rings (SSSR count). The van der Waals surface area contributed by atoms with E-state index in [1.54, 1.807) is 0 Å². The molecule has 0 aliphatic carbocycles. The van der Waals surface area contributed by atoms with Crippen molar-refractivity contribution in [3.63, 3.8) is 0 Å². The van der Waals surface area contributed by atoms with Crippen LogP contribution in [0.5, 0.6) is 0 Å². The maximum absolute atomic E-state index is 8.07. The first kappa shape index (κ1) is 12.8. The van der Waals surface area contributed by atoms with Crippen LogP contribution in [0.1, 0.15) is 19.8 Å². The molecule has 0 aliphatic rings. The third-order valence-corrected chi connectivity index (χ3v) is 0.512. The van der Waals surface area contributed by atoms with Crippen LogP contribution < -0.4 is 0 Å². The van der Waals surface area contributed by atoms with Crippen LogP contribution in [0.15, 0.2) is 0 Å². The van der Waals surface area contributed by atoms with E-state index in [1.807, 2.05) is 0 Å². The van der Waals surface area contributed by atoms with Crippen molar-refractivity contribution in [2.75, 3.05) is 6.61 Å². The molecule has 0 spiro atoms. The molecule has 0 unspecified atom stereocenters. The molecule has 1 N–H and O–H groups in total. The van der Waals surface area contributed by atoms with Gasteiger partial charge >= 0.3 is 50.0 Å². The van der Waals surface area contributed by atoms with Gasteiger partial charge in [-0.25, -0.2) is 0 Å². The van der Waals surface area contributed by atoms with E-state index in [0.29, 0.717) is 18.3 Å². The maximum atomic E-state index is 8.07. The zero-order valence-electron chi connectivity index (χ0n) is 4.82. The normalized spacial score (nSPS) is 7.00. The summed E-state index contributed by atoms with van der Waals surface area (Å²) < 4.78 is 0. The van der Waals surface area contributed by atoms with Gasteiger partial charge < -0.3 is 5.11 Å². The monoisotopic (exact) mass is 376 g/mol. The van der Waals surface area contributed by atoms with Gasteiger partial charge in [-0.3, -0.25) is 0 Å². The Morgan fingerprint density at radius 2 is 1.88 bits per heavy atom. The molecule has 0 amide bonds. The number of aliphatic hydroxyl groups excluding tert-OH is 1. The van der Waals surface area contributed by atoms with Crippen LogP contribution in [0.4, 0.5) is 0 Å². The molecule has 50 valence electrons. The second-order valence-electron chi connectivity index (χ2n) is 1.15. The fourth-order valence-corrected chi connectivity index (χ4v) is 0.158. The number of hydrogen-bond donors (Lipinski definition) is 1. The molecule has 0 radical (unpaired) electrons. The van der Waals surface area contributed by atoms with E-state index < -0.39 is 0 Å². The molecule has 0 fully saturated rings. The molecule has 0 bridgehead atoms. The quantitative estimate of drug-likeness (QED) is 0.581. The standard InChI is InChI=1S/C4H10O.2HI.Ti/c1-2-3-4-5;;;/h5H,2-4H2,1H3;2*1H;/q;;;+2/p-2. The van der Waals surface area contributed by atoms with Gasteiger partial charge in [0.25, 0.3) is 0 Å². The van der Waals surface area contributed by atoms with Crippen molar-refractivity contribution in [3.05, 3.63) is 0 Å². The Morgan fingerprint density at radius 3 is 1.88 bits per heavy atom. The molecule has 0 aromatic rings. The van der Waals surface area contributed by atoms with Crippen molar-refractivity contribution in [1.82, 2.24) is 0 Å². The molecule has 0 aromatic heterocycles. The summed E-state index contributed by atoms with van der Waals surface area (Å²) in [7, 11) is 0. The van der Waals surface area contributed by atoms with E-state index in [-0.39, 0.29) is 0 Å². The molecule has 1 nitrogen and oxygen atoms in total. The van der Waals surface area contributed by atoms with E-state index in [1.165, 1.54) is 0 Å². The van der Waals surface area contributed by atoms with Crippen LogP contribution in [0, 0.1) is 0 Å². The van der Waals surface area contributed by atoms with Gasteiger partial charge in [0, 0.05) is 6.61 Å². The summed E-state index contributed by atoms with van der Waals surface area (Å²) >= 11 is 5.24. The minimum absolute atomic E-state index is 0.344. The molecular formula is C4H10I2OTi. The van der Waals surface area contributed by atoms with Gasteiger partial charge in [-0.1, -0.05) is 13.3 Å². The van der Waals surface area contributed by atoms with Crippen LogP contribution >= 0.6 is 38.4 Å². The van der Waals surface area contributed by atoms with Crippen molar-refractivity contribution in [2.45, 2.75) is 19.8 Å². The average Bonchev–Trinajstić information content (AvgIpc) is 1.71. The molecular weight excluding hydrogens is 366 g/mol. The Hall–Kier alpha value is 2.13. The van der Waals surface area contributed by atoms with Crippen LogP contribution in [0.3, 0.4) is 0 Å². The van der Waals surface area contributed by atoms with Crippen molar-refractivity contribution in [3.8, 4) is 0 Å². The molecule has 0 heterocycles. The third kappa shape index (κ3) is 24.2. The van der Waals surface area contributed by atoms with E-state index >= 15 is 0 Å². The van der Waals surface area contributed by atoms with E-state index in [0.717, 1.165) is 12.8 Å². The van der Waals surface area contributed by atoms with Gasteiger partial charge in [-0.15, -0.1) is 0 Å². The zero-order chi connectivity index (χ0) is 6.83. The topological polar surface area (TPSA) is 20.2 Å². The number of halogens is 2. The van der Waals surface area contributed by atoms with E-state index in [2.05, 4.69) is 45.3 Å². The molecule has 4 heteroatoms. The SMILES string of the molecule is CCCCO.[I][Ti][I].